The van der Waals surface area contributed by atoms with Crippen molar-refractivity contribution in [2.24, 2.45) is 0 Å². The number of hydrogen-bond donors (Lipinski definition) is 1. The van der Waals surface area contributed by atoms with Crippen LogP contribution < -0.4 is 10.9 Å². The van der Waals surface area contributed by atoms with Crippen LogP contribution in [0.3, 0.4) is 0 Å². The summed E-state index contributed by atoms with van der Waals surface area (Å²) in [6, 6.07) is 23.2. The minimum atomic E-state index is -0.485. The fourth-order valence-corrected chi connectivity index (χ4v) is 4.21. The Kier molecular flexibility index (Phi) is 6.51. The lowest BCUT2D eigenvalue weighted by Crippen LogP contribution is -2.08. The number of carbonyl (C=O) groups is 1. The molecule has 0 radical (unpaired) electrons. The number of nitrogens with one attached hydrogen (secondary N) is 1. The van der Waals surface area contributed by atoms with Crippen molar-refractivity contribution in [2.45, 2.75) is 6.92 Å². The van der Waals surface area contributed by atoms with E-state index < -0.39 is 5.63 Å². The summed E-state index contributed by atoms with van der Waals surface area (Å²) in [5.41, 5.74) is 3.20. The highest BCUT2D eigenvalue weighted by Gasteiger charge is 2.12. The highest BCUT2D eigenvalue weighted by atomic mass is 35.5. The number of aryl methyl sites for hydroxylation is 1. The van der Waals surface area contributed by atoms with Gasteiger partial charge in [0.2, 0.25) is 5.91 Å². The van der Waals surface area contributed by atoms with E-state index in [1.54, 1.807) is 48.5 Å². The first-order chi connectivity index (χ1) is 17.4. The monoisotopic (exact) mass is 515 g/mol. The summed E-state index contributed by atoms with van der Waals surface area (Å²) in [5.74, 6) is 0.811. The number of fused-ring (bicyclic) bond motifs is 1. The topological polar surface area (TPSA) is 72.5 Å². The minimum Gasteiger partial charge on any atom is -0.457 e. The molecule has 3 aromatic carbocycles. The van der Waals surface area contributed by atoms with E-state index in [0.717, 1.165) is 16.5 Å². The van der Waals surface area contributed by atoms with Crippen LogP contribution in [0.1, 0.15) is 11.3 Å². The Hall–Kier alpha value is -4.06. The Bertz CT molecular complexity index is 1700. The van der Waals surface area contributed by atoms with Gasteiger partial charge in [0.25, 0.3) is 0 Å². The molecule has 5 nitrogen and oxygen atoms in total. The van der Waals surface area contributed by atoms with Crippen molar-refractivity contribution < 1.29 is 13.6 Å². The molecule has 0 spiro atoms. The number of hydrogen-bond acceptors (Lipinski definition) is 4. The molecule has 0 unspecified atom stereocenters. The smallest absolute Gasteiger partial charge is 0.344 e. The van der Waals surface area contributed by atoms with Gasteiger partial charge in [-0.2, -0.15) is 0 Å². The van der Waals surface area contributed by atoms with Crippen LogP contribution in [0.5, 0.6) is 0 Å². The molecular weight excluding hydrogens is 497 g/mol. The first-order valence-corrected chi connectivity index (χ1v) is 11.8. The molecular formula is C29H19Cl2NO4. The first kappa shape index (κ1) is 23.7. The summed E-state index contributed by atoms with van der Waals surface area (Å²) < 4.78 is 11.2. The summed E-state index contributed by atoms with van der Waals surface area (Å²) in [6.45, 7) is 1.93. The van der Waals surface area contributed by atoms with E-state index in [9.17, 15) is 9.59 Å². The summed E-state index contributed by atoms with van der Waals surface area (Å²) in [4.78, 5) is 24.9. The fourth-order valence-electron chi connectivity index (χ4n) is 3.75. The van der Waals surface area contributed by atoms with E-state index >= 15 is 0 Å². The Morgan fingerprint density at radius 2 is 1.69 bits per heavy atom. The third-order valence-corrected chi connectivity index (χ3v) is 6.37. The maximum atomic E-state index is 12.5. The highest BCUT2D eigenvalue weighted by molar-refractivity contribution is 6.33. The second-order valence-electron chi connectivity index (χ2n) is 8.17. The molecule has 0 saturated heterocycles. The quantitative estimate of drug-likeness (QED) is 0.190. The number of para-hydroxylation sites is 1. The number of carbonyl (C=O) groups excluding carboxylic acids is 1. The SMILES string of the molecule is Cc1ccc(-c2ccc(/C=C/C(=O)Nc3ccc(-c4cc5ccccc5oc4=O)c(Cl)c3)o2)cc1Cl. The average Bonchev–Trinajstić information content (AvgIpc) is 3.33. The molecule has 1 amide bonds. The van der Waals surface area contributed by atoms with Crippen molar-refractivity contribution in [3.05, 3.63) is 117 Å². The van der Waals surface area contributed by atoms with Crippen molar-refractivity contribution in [1.82, 2.24) is 0 Å². The summed E-state index contributed by atoms with van der Waals surface area (Å²) >= 11 is 12.6. The minimum absolute atomic E-state index is 0.312. The van der Waals surface area contributed by atoms with Crippen molar-refractivity contribution in [3.63, 3.8) is 0 Å². The molecule has 5 aromatic rings. The zero-order valence-corrected chi connectivity index (χ0v) is 20.6. The van der Waals surface area contributed by atoms with E-state index in [0.29, 0.717) is 44.0 Å². The van der Waals surface area contributed by atoms with Crippen LogP contribution in [0, 0.1) is 6.92 Å². The van der Waals surface area contributed by atoms with E-state index in [2.05, 4.69) is 5.32 Å². The zero-order valence-electron chi connectivity index (χ0n) is 19.0. The van der Waals surface area contributed by atoms with E-state index in [4.69, 9.17) is 32.0 Å². The first-order valence-electron chi connectivity index (χ1n) is 11.1. The number of rotatable bonds is 5. The number of furan rings is 1. The average molecular weight is 516 g/mol. The molecule has 2 aromatic heterocycles. The van der Waals surface area contributed by atoms with Crippen LogP contribution in [-0.4, -0.2) is 5.91 Å². The van der Waals surface area contributed by atoms with Gasteiger partial charge in [-0.25, -0.2) is 4.79 Å². The fraction of sp³-hybridized carbons (Fsp3) is 0.0345. The van der Waals surface area contributed by atoms with Crippen LogP contribution in [0.4, 0.5) is 5.69 Å². The van der Waals surface area contributed by atoms with Gasteiger partial charge in [-0.1, -0.05) is 59.6 Å². The van der Waals surface area contributed by atoms with Crippen molar-refractivity contribution in [1.29, 1.82) is 0 Å². The van der Waals surface area contributed by atoms with Gasteiger partial charge < -0.3 is 14.2 Å². The van der Waals surface area contributed by atoms with Gasteiger partial charge in [-0.15, -0.1) is 0 Å². The zero-order chi connectivity index (χ0) is 25.2. The molecule has 0 aliphatic carbocycles. The number of anilines is 1. The molecule has 0 bridgehead atoms. The summed E-state index contributed by atoms with van der Waals surface area (Å²) in [5, 5.41) is 4.52. The lowest BCUT2D eigenvalue weighted by Gasteiger charge is -2.08. The Morgan fingerprint density at radius 1 is 0.861 bits per heavy atom. The van der Waals surface area contributed by atoms with Crippen molar-refractivity contribution in [2.75, 3.05) is 5.32 Å². The molecule has 0 saturated carbocycles. The van der Waals surface area contributed by atoms with Gasteiger partial charge >= 0.3 is 5.63 Å². The molecule has 2 heterocycles. The van der Waals surface area contributed by atoms with Crippen LogP contribution in [0.15, 0.2) is 98.6 Å². The van der Waals surface area contributed by atoms with E-state index in [1.807, 2.05) is 43.3 Å². The number of halogens is 2. The van der Waals surface area contributed by atoms with Gasteiger partial charge in [0, 0.05) is 33.3 Å². The number of benzene rings is 3. The molecule has 178 valence electrons. The second kappa shape index (κ2) is 9.90. The predicted molar refractivity (Wildman–Crippen MR) is 144 cm³/mol. The Balaban J connectivity index is 1.30. The highest BCUT2D eigenvalue weighted by Crippen LogP contribution is 2.31. The molecule has 1 N–H and O–H groups in total. The van der Waals surface area contributed by atoms with Crippen LogP contribution >= 0.6 is 23.2 Å². The van der Waals surface area contributed by atoms with Gasteiger partial charge in [0.05, 0.1) is 10.6 Å². The normalized spacial score (nSPS) is 11.3. The lowest BCUT2D eigenvalue weighted by molar-refractivity contribution is -0.111. The molecule has 0 aliphatic rings. The van der Waals surface area contributed by atoms with E-state index in [-0.39, 0.29) is 5.91 Å². The van der Waals surface area contributed by atoms with Crippen molar-refractivity contribution in [3.8, 4) is 22.5 Å². The molecule has 0 aliphatic heterocycles. The van der Waals surface area contributed by atoms with E-state index in [1.165, 1.54) is 6.08 Å². The van der Waals surface area contributed by atoms with Gasteiger partial charge in [0.1, 0.15) is 17.1 Å². The van der Waals surface area contributed by atoms with Gasteiger partial charge in [-0.05, 0) is 61.0 Å². The third-order valence-electron chi connectivity index (χ3n) is 5.65. The summed E-state index contributed by atoms with van der Waals surface area (Å²) in [7, 11) is 0. The maximum Gasteiger partial charge on any atom is 0.344 e. The van der Waals surface area contributed by atoms with Crippen LogP contribution in [0.2, 0.25) is 10.0 Å². The van der Waals surface area contributed by atoms with Crippen molar-refractivity contribution >= 4 is 51.8 Å². The molecule has 7 heteroatoms. The molecule has 0 fully saturated rings. The summed E-state index contributed by atoms with van der Waals surface area (Å²) in [6.07, 6.45) is 2.94. The van der Waals surface area contributed by atoms with Crippen LogP contribution in [0.25, 0.3) is 39.5 Å². The Morgan fingerprint density at radius 3 is 2.50 bits per heavy atom. The third kappa shape index (κ3) is 4.98. The number of amides is 1. The van der Waals surface area contributed by atoms with Gasteiger partial charge in [-0.3, -0.25) is 4.79 Å². The van der Waals surface area contributed by atoms with Gasteiger partial charge in [0.15, 0.2) is 0 Å². The maximum absolute atomic E-state index is 12.5. The van der Waals surface area contributed by atoms with Crippen LogP contribution in [-0.2, 0) is 4.79 Å². The molecule has 0 atom stereocenters. The largest absolute Gasteiger partial charge is 0.457 e. The standard InChI is InChI=1S/C29H19Cl2NO4/c1-17-6-7-19(15-24(17)30)27-12-9-21(35-27)10-13-28(33)32-20-8-11-22(25(31)16-20)23-14-18-4-2-3-5-26(18)36-29(23)34/h2-16H,1H3,(H,32,33)/b13-10+. The Labute approximate surface area is 216 Å². The molecule has 5 rings (SSSR count). The molecule has 36 heavy (non-hydrogen) atoms. The predicted octanol–water partition coefficient (Wildman–Crippen LogP) is 7.99. The second-order valence-corrected chi connectivity index (χ2v) is 8.98. The lowest BCUT2D eigenvalue weighted by atomic mass is 10.1.